The number of pyridine rings is 1. The van der Waals surface area contributed by atoms with Gasteiger partial charge in [0.05, 0.1) is 12.3 Å². The molecule has 0 radical (unpaired) electrons. The highest BCUT2D eigenvalue weighted by molar-refractivity contribution is 7.13. The van der Waals surface area contributed by atoms with Crippen molar-refractivity contribution in [3.05, 3.63) is 35.0 Å². The summed E-state index contributed by atoms with van der Waals surface area (Å²) < 4.78 is 10.5. The summed E-state index contributed by atoms with van der Waals surface area (Å²) in [4.78, 5) is 31.1. The molecule has 0 aromatic carbocycles. The van der Waals surface area contributed by atoms with Gasteiger partial charge in [0.2, 0.25) is 11.8 Å². The quantitative estimate of drug-likeness (QED) is 0.821. The second-order valence-electron chi connectivity index (χ2n) is 4.19. The molecule has 0 aliphatic heterocycles. The number of nitrogens with zero attached hydrogens (tertiary/aromatic N) is 2. The molecular formula is C14H15N3O4S. The van der Waals surface area contributed by atoms with Crippen LogP contribution in [0.25, 0.3) is 0 Å². The number of carbonyl (C=O) groups is 2. The Morgan fingerprint density at radius 2 is 2.23 bits per heavy atom. The molecule has 0 fully saturated rings. The van der Waals surface area contributed by atoms with Crippen LogP contribution in [0.15, 0.2) is 23.7 Å². The van der Waals surface area contributed by atoms with Crippen LogP contribution < -0.4 is 10.1 Å². The molecule has 0 spiro atoms. The molecule has 8 heteroatoms. The number of hydrogen-bond donors (Lipinski definition) is 1. The second-order valence-corrected chi connectivity index (χ2v) is 5.05. The van der Waals surface area contributed by atoms with Crippen LogP contribution in [0.2, 0.25) is 0 Å². The molecule has 22 heavy (non-hydrogen) atoms. The Kier molecular flexibility index (Phi) is 5.42. The van der Waals surface area contributed by atoms with E-state index >= 15 is 0 Å². The van der Waals surface area contributed by atoms with E-state index in [9.17, 15) is 9.59 Å². The van der Waals surface area contributed by atoms with Gasteiger partial charge >= 0.3 is 5.97 Å². The fourth-order valence-electron chi connectivity index (χ4n) is 1.60. The van der Waals surface area contributed by atoms with E-state index in [1.165, 1.54) is 18.3 Å². The number of carbonyl (C=O) groups excluding carboxylic acids is 2. The average Bonchev–Trinajstić information content (AvgIpc) is 2.92. The number of ether oxygens (including phenoxy) is 2. The number of rotatable bonds is 6. The normalized spacial score (nSPS) is 10.1. The summed E-state index contributed by atoms with van der Waals surface area (Å²) in [7, 11) is 0. The molecule has 0 bridgehead atoms. The monoisotopic (exact) mass is 321 g/mol. The van der Waals surface area contributed by atoms with Crippen LogP contribution in [-0.4, -0.2) is 28.5 Å². The number of esters is 1. The van der Waals surface area contributed by atoms with E-state index < -0.39 is 5.97 Å². The number of nitrogens with one attached hydrogen (secondary N) is 1. The summed E-state index contributed by atoms with van der Waals surface area (Å²) in [5.41, 5.74) is 0.825. The highest BCUT2D eigenvalue weighted by Gasteiger charge is 2.15. The first-order valence-corrected chi connectivity index (χ1v) is 7.45. The molecule has 1 N–H and O–H groups in total. The van der Waals surface area contributed by atoms with Crippen LogP contribution in [-0.2, 0) is 16.1 Å². The van der Waals surface area contributed by atoms with Crippen molar-refractivity contribution >= 4 is 28.3 Å². The van der Waals surface area contributed by atoms with Crippen molar-refractivity contribution in [2.24, 2.45) is 0 Å². The van der Waals surface area contributed by atoms with Crippen LogP contribution in [0.1, 0.15) is 29.9 Å². The van der Waals surface area contributed by atoms with E-state index in [2.05, 4.69) is 15.3 Å². The van der Waals surface area contributed by atoms with Crippen LogP contribution in [0.4, 0.5) is 5.13 Å². The van der Waals surface area contributed by atoms with Crippen molar-refractivity contribution in [2.45, 2.75) is 20.5 Å². The fourth-order valence-corrected chi connectivity index (χ4v) is 2.34. The van der Waals surface area contributed by atoms with Gasteiger partial charge in [-0.05, 0) is 19.1 Å². The highest BCUT2D eigenvalue weighted by atomic mass is 32.1. The summed E-state index contributed by atoms with van der Waals surface area (Å²) in [6.07, 6.45) is 1.54. The van der Waals surface area contributed by atoms with Gasteiger partial charge in [-0.1, -0.05) is 0 Å². The van der Waals surface area contributed by atoms with Gasteiger partial charge in [-0.2, -0.15) is 0 Å². The molecule has 2 aromatic rings. The number of thiazole rings is 1. The van der Waals surface area contributed by atoms with Crippen molar-refractivity contribution in [2.75, 3.05) is 11.9 Å². The third kappa shape index (κ3) is 4.26. The summed E-state index contributed by atoms with van der Waals surface area (Å²) in [5, 5.41) is 4.75. The highest BCUT2D eigenvalue weighted by Crippen LogP contribution is 2.18. The first-order valence-electron chi connectivity index (χ1n) is 6.57. The van der Waals surface area contributed by atoms with Gasteiger partial charge in [-0.15, -0.1) is 11.3 Å². The van der Waals surface area contributed by atoms with E-state index in [1.54, 1.807) is 23.7 Å². The van der Waals surface area contributed by atoms with Crippen molar-refractivity contribution < 1.29 is 19.1 Å². The lowest BCUT2D eigenvalue weighted by Gasteiger charge is -2.07. The molecule has 116 valence electrons. The van der Waals surface area contributed by atoms with Crippen LogP contribution in [0, 0.1) is 0 Å². The predicted octanol–water partition coefficient (Wildman–Crippen LogP) is 2.25. The molecule has 0 unspecified atom stereocenters. The van der Waals surface area contributed by atoms with Gasteiger partial charge in [0.25, 0.3) is 0 Å². The zero-order valence-electron chi connectivity index (χ0n) is 12.2. The molecule has 1 amide bonds. The number of hydrogen-bond acceptors (Lipinski definition) is 7. The largest absolute Gasteiger partial charge is 0.477 e. The topological polar surface area (TPSA) is 90.4 Å². The van der Waals surface area contributed by atoms with Gasteiger partial charge in [0, 0.05) is 18.5 Å². The van der Waals surface area contributed by atoms with Gasteiger partial charge in [0.15, 0.2) is 5.13 Å². The maximum atomic E-state index is 12.1. The number of anilines is 1. The average molecular weight is 321 g/mol. The Morgan fingerprint density at radius 1 is 1.41 bits per heavy atom. The number of aromatic nitrogens is 2. The standard InChI is InChI=1S/C14H15N3O4S/c1-3-20-12-11(5-4-6-15-12)13(19)21-7-10-8-22-14(17-10)16-9(2)18/h4-6,8H,3,7H2,1-2H3,(H,16,17,18). The lowest BCUT2D eigenvalue weighted by atomic mass is 10.3. The smallest absolute Gasteiger partial charge is 0.344 e. The molecule has 7 nitrogen and oxygen atoms in total. The van der Waals surface area contributed by atoms with Crippen LogP contribution in [0.5, 0.6) is 5.88 Å². The zero-order valence-corrected chi connectivity index (χ0v) is 13.0. The Bertz CT molecular complexity index is 672. The number of amides is 1. The molecular weight excluding hydrogens is 306 g/mol. The third-order valence-corrected chi connectivity index (χ3v) is 3.26. The van der Waals surface area contributed by atoms with Crippen molar-refractivity contribution in [1.29, 1.82) is 0 Å². The maximum absolute atomic E-state index is 12.1. The first kappa shape index (κ1) is 15.9. The lowest BCUT2D eigenvalue weighted by Crippen LogP contribution is -2.09. The molecule has 0 aliphatic carbocycles. The molecule has 0 aliphatic rings. The summed E-state index contributed by atoms with van der Waals surface area (Å²) >= 11 is 1.27. The molecule has 2 rings (SSSR count). The maximum Gasteiger partial charge on any atom is 0.344 e. The molecule has 2 heterocycles. The molecule has 2 aromatic heterocycles. The van der Waals surface area contributed by atoms with E-state index in [1.807, 2.05) is 6.92 Å². The summed E-state index contributed by atoms with van der Waals surface area (Å²) in [6, 6.07) is 3.22. The van der Waals surface area contributed by atoms with E-state index in [0.29, 0.717) is 17.4 Å². The molecule has 0 saturated heterocycles. The Labute approximate surface area is 131 Å². The Morgan fingerprint density at radius 3 is 2.95 bits per heavy atom. The molecule has 0 atom stereocenters. The lowest BCUT2D eigenvalue weighted by molar-refractivity contribution is -0.114. The zero-order chi connectivity index (χ0) is 15.9. The van der Waals surface area contributed by atoms with Crippen molar-refractivity contribution in [3.8, 4) is 5.88 Å². The van der Waals surface area contributed by atoms with Crippen molar-refractivity contribution in [3.63, 3.8) is 0 Å². The van der Waals surface area contributed by atoms with Crippen LogP contribution in [0.3, 0.4) is 0 Å². The van der Waals surface area contributed by atoms with Gasteiger partial charge < -0.3 is 14.8 Å². The third-order valence-electron chi connectivity index (χ3n) is 2.46. The minimum Gasteiger partial charge on any atom is -0.477 e. The van der Waals surface area contributed by atoms with Gasteiger partial charge in [-0.3, -0.25) is 4.79 Å². The fraction of sp³-hybridized carbons (Fsp3) is 0.286. The van der Waals surface area contributed by atoms with E-state index in [0.717, 1.165) is 0 Å². The second kappa shape index (κ2) is 7.51. The SMILES string of the molecule is CCOc1ncccc1C(=O)OCc1csc(NC(C)=O)n1. The minimum absolute atomic E-state index is 0.00930. The molecule has 0 saturated carbocycles. The Hall–Kier alpha value is -2.48. The van der Waals surface area contributed by atoms with E-state index in [-0.39, 0.29) is 24.0 Å². The Balaban J connectivity index is 1.98. The van der Waals surface area contributed by atoms with Gasteiger partial charge in [0.1, 0.15) is 12.2 Å². The van der Waals surface area contributed by atoms with Crippen LogP contribution >= 0.6 is 11.3 Å². The summed E-state index contributed by atoms with van der Waals surface area (Å²) in [5.74, 6) is -0.493. The van der Waals surface area contributed by atoms with E-state index in [4.69, 9.17) is 9.47 Å². The van der Waals surface area contributed by atoms with Gasteiger partial charge in [-0.25, -0.2) is 14.8 Å². The minimum atomic E-state index is -0.536. The first-order chi connectivity index (χ1) is 10.6. The van der Waals surface area contributed by atoms with Crippen molar-refractivity contribution in [1.82, 2.24) is 9.97 Å². The predicted molar refractivity (Wildman–Crippen MR) is 80.9 cm³/mol. The summed E-state index contributed by atoms with van der Waals surface area (Å²) in [6.45, 7) is 3.63.